The number of nitrogens with one attached hydrogen (secondary N) is 1. The highest BCUT2D eigenvalue weighted by atomic mass is 15.3. The van der Waals surface area contributed by atoms with Gasteiger partial charge in [0.05, 0.1) is 0 Å². The molecule has 0 bridgehead atoms. The van der Waals surface area contributed by atoms with E-state index in [-0.39, 0.29) is 0 Å². The molecule has 3 heterocycles. The zero-order valence-corrected chi connectivity index (χ0v) is 9.97. The van der Waals surface area contributed by atoms with Crippen LogP contribution < -0.4 is 16.2 Å². The first-order valence-electron chi connectivity index (χ1n) is 6.28. The molecule has 0 aromatic carbocycles. The molecule has 1 atom stereocenters. The van der Waals surface area contributed by atoms with Crippen LogP contribution in [0.15, 0.2) is 18.3 Å². The lowest BCUT2D eigenvalue weighted by Crippen LogP contribution is -2.50. The lowest BCUT2D eigenvalue weighted by molar-refractivity contribution is 0.231. The SMILES string of the molecule is NNc1cc(N2CCN3CCCC3C2)ccn1. The van der Waals surface area contributed by atoms with Gasteiger partial charge in [-0.1, -0.05) is 0 Å². The number of nitrogens with two attached hydrogens (primary N) is 1. The Morgan fingerprint density at radius 3 is 3.18 bits per heavy atom. The molecule has 3 rings (SSSR count). The molecule has 2 aliphatic rings. The third-order valence-electron chi connectivity index (χ3n) is 3.84. The Hall–Kier alpha value is -1.33. The predicted molar refractivity (Wildman–Crippen MR) is 68.9 cm³/mol. The zero-order chi connectivity index (χ0) is 11.7. The van der Waals surface area contributed by atoms with Crippen LogP contribution in [0.1, 0.15) is 12.8 Å². The average molecular weight is 233 g/mol. The lowest BCUT2D eigenvalue weighted by atomic mass is 10.1. The summed E-state index contributed by atoms with van der Waals surface area (Å²) in [5, 5.41) is 0. The summed E-state index contributed by atoms with van der Waals surface area (Å²) in [5.74, 6) is 6.13. The van der Waals surface area contributed by atoms with Gasteiger partial charge in [-0.05, 0) is 25.5 Å². The number of hydrogen-bond donors (Lipinski definition) is 2. The topological polar surface area (TPSA) is 57.4 Å². The smallest absolute Gasteiger partial charge is 0.141 e. The standard InChI is InChI=1S/C12H19N5/c13-15-12-8-10(3-4-14-12)17-7-6-16-5-1-2-11(16)9-17/h3-4,8,11H,1-2,5-7,9,13H2,(H,14,15). The van der Waals surface area contributed by atoms with Gasteiger partial charge in [0.1, 0.15) is 5.82 Å². The van der Waals surface area contributed by atoms with Gasteiger partial charge in [0.2, 0.25) is 0 Å². The highest BCUT2D eigenvalue weighted by Gasteiger charge is 2.30. The predicted octanol–water partition coefficient (Wildman–Crippen LogP) is 0.652. The molecular weight excluding hydrogens is 214 g/mol. The van der Waals surface area contributed by atoms with Gasteiger partial charge in [-0.2, -0.15) is 0 Å². The Balaban J connectivity index is 1.75. The maximum atomic E-state index is 5.39. The first-order valence-corrected chi connectivity index (χ1v) is 6.28. The van der Waals surface area contributed by atoms with Crippen LogP contribution in [0.25, 0.3) is 0 Å². The first kappa shape index (κ1) is 10.8. The van der Waals surface area contributed by atoms with Gasteiger partial charge >= 0.3 is 0 Å². The largest absolute Gasteiger partial charge is 0.369 e. The molecule has 5 nitrogen and oxygen atoms in total. The minimum atomic E-state index is 0.733. The highest BCUT2D eigenvalue weighted by Crippen LogP contribution is 2.25. The number of fused-ring (bicyclic) bond motifs is 1. The van der Waals surface area contributed by atoms with Crippen LogP contribution in [-0.2, 0) is 0 Å². The number of hydrogen-bond acceptors (Lipinski definition) is 5. The second-order valence-corrected chi connectivity index (χ2v) is 4.82. The van der Waals surface area contributed by atoms with E-state index in [4.69, 9.17) is 5.84 Å². The van der Waals surface area contributed by atoms with Gasteiger partial charge in [-0.25, -0.2) is 10.8 Å². The monoisotopic (exact) mass is 233 g/mol. The van der Waals surface area contributed by atoms with Crippen molar-refractivity contribution >= 4 is 11.5 Å². The van der Waals surface area contributed by atoms with Gasteiger partial charge in [0.15, 0.2) is 0 Å². The summed E-state index contributed by atoms with van der Waals surface area (Å²) in [6, 6.07) is 4.82. The molecule has 0 spiro atoms. The fourth-order valence-electron chi connectivity index (χ4n) is 2.92. The van der Waals surface area contributed by atoms with Crippen molar-refractivity contribution < 1.29 is 0 Å². The summed E-state index contributed by atoms with van der Waals surface area (Å²) >= 11 is 0. The van der Waals surface area contributed by atoms with Gasteiger partial charge in [-0.3, -0.25) is 4.90 Å². The van der Waals surface area contributed by atoms with E-state index in [1.54, 1.807) is 0 Å². The fraction of sp³-hybridized carbons (Fsp3) is 0.583. The molecule has 92 valence electrons. The van der Waals surface area contributed by atoms with E-state index in [1.807, 2.05) is 12.3 Å². The van der Waals surface area contributed by atoms with Gasteiger partial charge in [0.25, 0.3) is 0 Å². The van der Waals surface area contributed by atoms with Crippen molar-refractivity contribution in [1.29, 1.82) is 0 Å². The number of pyridine rings is 1. The van der Waals surface area contributed by atoms with Crippen LogP contribution in [0.3, 0.4) is 0 Å². The number of nitrogen functional groups attached to an aromatic ring is 1. The van der Waals surface area contributed by atoms with Crippen LogP contribution >= 0.6 is 0 Å². The molecule has 1 aromatic rings. The second kappa shape index (κ2) is 4.50. The normalized spacial score (nSPS) is 24.8. The highest BCUT2D eigenvalue weighted by molar-refractivity contribution is 5.53. The minimum Gasteiger partial charge on any atom is -0.369 e. The van der Waals surface area contributed by atoms with Gasteiger partial charge < -0.3 is 10.3 Å². The molecule has 17 heavy (non-hydrogen) atoms. The van der Waals surface area contributed by atoms with E-state index in [0.29, 0.717) is 0 Å². The Morgan fingerprint density at radius 2 is 2.29 bits per heavy atom. The Bertz CT molecular complexity index is 394. The summed E-state index contributed by atoms with van der Waals surface area (Å²) in [4.78, 5) is 9.20. The minimum absolute atomic E-state index is 0.733. The van der Waals surface area contributed by atoms with Gasteiger partial charge in [-0.15, -0.1) is 0 Å². The zero-order valence-electron chi connectivity index (χ0n) is 9.97. The quantitative estimate of drug-likeness (QED) is 0.580. The Morgan fingerprint density at radius 1 is 1.35 bits per heavy atom. The maximum absolute atomic E-state index is 5.39. The van der Waals surface area contributed by atoms with Crippen molar-refractivity contribution in [2.75, 3.05) is 36.5 Å². The second-order valence-electron chi connectivity index (χ2n) is 4.82. The van der Waals surface area contributed by atoms with Crippen LogP contribution in [0, 0.1) is 0 Å². The number of anilines is 2. The molecule has 0 saturated carbocycles. The summed E-state index contributed by atoms with van der Waals surface area (Å²) in [5.41, 5.74) is 3.83. The molecule has 1 aromatic heterocycles. The van der Waals surface area contributed by atoms with E-state index >= 15 is 0 Å². The number of nitrogens with zero attached hydrogens (tertiary/aromatic N) is 3. The fourth-order valence-corrected chi connectivity index (χ4v) is 2.92. The molecule has 2 aliphatic heterocycles. The number of rotatable bonds is 2. The van der Waals surface area contributed by atoms with Crippen molar-refractivity contribution in [3.63, 3.8) is 0 Å². The van der Waals surface area contributed by atoms with Crippen LogP contribution in [0.2, 0.25) is 0 Å². The van der Waals surface area contributed by atoms with Crippen molar-refractivity contribution in [2.24, 2.45) is 5.84 Å². The molecule has 1 unspecified atom stereocenters. The molecule has 2 fully saturated rings. The van der Waals surface area contributed by atoms with E-state index in [2.05, 4.69) is 26.3 Å². The molecule has 2 saturated heterocycles. The van der Waals surface area contributed by atoms with Crippen molar-refractivity contribution in [3.05, 3.63) is 18.3 Å². The summed E-state index contributed by atoms with van der Waals surface area (Å²) < 4.78 is 0. The maximum Gasteiger partial charge on any atom is 0.141 e. The van der Waals surface area contributed by atoms with Crippen molar-refractivity contribution in [3.8, 4) is 0 Å². The molecule has 5 heteroatoms. The van der Waals surface area contributed by atoms with Crippen LogP contribution in [0.4, 0.5) is 11.5 Å². The van der Waals surface area contributed by atoms with Crippen LogP contribution in [0.5, 0.6) is 0 Å². The lowest BCUT2D eigenvalue weighted by Gasteiger charge is -2.38. The first-order chi connectivity index (χ1) is 8.36. The Kier molecular flexibility index (Phi) is 2.86. The van der Waals surface area contributed by atoms with Crippen molar-refractivity contribution in [1.82, 2.24) is 9.88 Å². The molecule has 0 aliphatic carbocycles. The third kappa shape index (κ3) is 2.08. The van der Waals surface area contributed by atoms with Crippen molar-refractivity contribution in [2.45, 2.75) is 18.9 Å². The van der Waals surface area contributed by atoms with Crippen LogP contribution in [-0.4, -0.2) is 42.1 Å². The molecular formula is C12H19N5. The number of hydrazine groups is 1. The third-order valence-corrected chi connectivity index (χ3v) is 3.84. The number of aromatic nitrogens is 1. The van der Waals surface area contributed by atoms with E-state index in [9.17, 15) is 0 Å². The van der Waals surface area contributed by atoms with Gasteiger partial charge in [0, 0.05) is 43.6 Å². The Labute approximate surface area is 102 Å². The van der Waals surface area contributed by atoms with E-state index in [1.165, 1.54) is 31.6 Å². The summed E-state index contributed by atoms with van der Waals surface area (Å²) in [7, 11) is 0. The average Bonchev–Trinajstić information content (AvgIpc) is 2.86. The number of piperazine rings is 1. The summed E-state index contributed by atoms with van der Waals surface area (Å²) in [6.07, 6.45) is 4.50. The van der Waals surface area contributed by atoms with E-state index < -0.39 is 0 Å². The molecule has 3 N–H and O–H groups in total. The molecule has 0 radical (unpaired) electrons. The summed E-state index contributed by atoms with van der Waals surface area (Å²) in [6.45, 7) is 4.70. The molecule has 0 amide bonds. The van der Waals surface area contributed by atoms with E-state index in [0.717, 1.165) is 24.9 Å².